The van der Waals surface area contributed by atoms with E-state index >= 15 is 0 Å². The van der Waals surface area contributed by atoms with Crippen LogP contribution < -0.4 is 22.5 Å². The number of hydrogen-bond acceptors (Lipinski definition) is 7. The molecule has 3 aromatic carbocycles. The third-order valence-corrected chi connectivity index (χ3v) is 5.97. The smallest absolute Gasteiger partial charge is 0.273 e. The van der Waals surface area contributed by atoms with E-state index in [1.807, 2.05) is 37.3 Å². The van der Waals surface area contributed by atoms with Crippen LogP contribution in [0, 0.1) is 0 Å². The zero-order chi connectivity index (χ0) is 27.1. The summed E-state index contributed by atoms with van der Waals surface area (Å²) in [5.74, 6) is -0.299. The lowest BCUT2D eigenvalue weighted by molar-refractivity contribution is -0.187. The normalized spacial score (nSPS) is 12.6. The maximum absolute atomic E-state index is 13.4. The first kappa shape index (κ1) is 26.6. The van der Waals surface area contributed by atoms with Gasteiger partial charge in [0.1, 0.15) is 12.4 Å². The molecule has 9 heteroatoms. The Morgan fingerprint density at radius 3 is 2.55 bits per heavy atom. The van der Waals surface area contributed by atoms with Crippen LogP contribution in [0.4, 0.5) is 17.1 Å². The van der Waals surface area contributed by atoms with Gasteiger partial charge in [0, 0.05) is 47.6 Å². The van der Waals surface area contributed by atoms with Gasteiger partial charge in [0.05, 0.1) is 5.69 Å². The number of amides is 2. The van der Waals surface area contributed by atoms with E-state index in [0.717, 1.165) is 11.1 Å². The number of carbonyl (C=O) groups is 2. The van der Waals surface area contributed by atoms with Gasteiger partial charge in [-0.3, -0.25) is 14.4 Å². The lowest BCUT2D eigenvalue weighted by Crippen LogP contribution is -2.34. The molecule has 3 aromatic rings. The van der Waals surface area contributed by atoms with Crippen molar-refractivity contribution in [1.82, 2.24) is 5.06 Å². The number of rotatable bonds is 9. The molecule has 38 heavy (non-hydrogen) atoms. The van der Waals surface area contributed by atoms with Crippen LogP contribution in [0.5, 0.6) is 0 Å². The zero-order valence-electron chi connectivity index (χ0n) is 21.3. The predicted octanol–water partition coefficient (Wildman–Crippen LogP) is 4.13. The zero-order valence-corrected chi connectivity index (χ0v) is 21.3. The Balaban J connectivity index is 1.53. The molecule has 9 nitrogen and oxygen atoms in total. The molecule has 0 unspecified atom stereocenters. The van der Waals surface area contributed by atoms with Gasteiger partial charge in [-0.1, -0.05) is 37.3 Å². The summed E-state index contributed by atoms with van der Waals surface area (Å²) in [6, 6.07) is 19.8. The second-order valence-corrected chi connectivity index (χ2v) is 9.00. The van der Waals surface area contributed by atoms with E-state index in [1.165, 1.54) is 5.06 Å². The first-order chi connectivity index (χ1) is 18.4. The van der Waals surface area contributed by atoms with Crippen molar-refractivity contribution >= 4 is 40.8 Å². The minimum absolute atomic E-state index is 0.159. The highest BCUT2D eigenvalue weighted by molar-refractivity contribution is 6.07. The van der Waals surface area contributed by atoms with Gasteiger partial charge >= 0.3 is 0 Å². The fourth-order valence-corrected chi connectivity index (χ4v) is 4.00. The molecule has 0 bridgehead atoms. The van der Waals surface area contributed by atoms with Crippen LogP contribution in [-0.2, 0) is 22.8 Å². The summed E-state index contributed by atoms with van der Waals surface area (Å²) in [5.41, 5.74) is 22.8. The van der Waals surface area contributed by atoms with Gasteiger partial charge in [-0.15, -0.1) is 0 Å². The standard InChI is InChI=1S/C29H32N6O3/c1-2-12-35(38-18-19-6-10-24(31)11-7-19)29(37)23-14-21-8-9-22(15-26(21)34-27(32)16-23)28(36)33-25-5-3-4-20(13-25)17-30/h3-11,13-15H,2,12,16-18,30-31H2,1H3,(H2,32,34)(H,33,36). The predicted molar refractivity (Wildman–Crippen MR) is 150 cm³/mol. The topological polar surface area (TPSA) is 149 Å². The van der Waals surface area contributed by atoms with E-state index in [-0.39, 0.29) is 30.7 Å². The second-order valence-electron chi connectivity index (χ2n) is 9.00. The van der Waals surface area contributed by atoms with Crippen molar-refractivity contribution in [2.24, 2.45) is 16.5 Å². The van der Waals surface area contributed by atoms with Crippen molar-refractivity contribution in [3.63, 3.8) is 0 Å². The van der Waals surface area contributed by atoms with Crippen molar-refractivity contribution in [3.8, 4) is 0 Å². The fraction of sp³-hybridized carbons (Fsp3) is 0.207. The average molecular weight is 513 g/mol. The molecule has 1 aliphatic heterocycles. The minimum atomic E-state index is -0.287. The molecular formula is C29H32N6O3. The van der Waals surface area contributed by atoms with Crippen LogP contribution in [0.1, 0.15) is 46.8 Å². The quantitative estimate of drug-likeness (QED) is 0.250. The van der Waals surface area contributed by atoms with Gasteiger partial charge in [-0.2, -0.15) is 0 Å². The summed E-state index contributed by atoms with van der Waals surface area (Å²) in [5, 5.41) is 4.24. The molecule has 0 saturated carbocycles. The van der Waals surface area contributed by atoms with Crippen molar-refractivity contribution in [1.29, 1.82) is 0 Å². The molecule has 1 aliphatic rings. The van der Waals surface area contributed by atoms with Crippen molar-refractivity contribution in [2.75, 3.05) is 17.6 Å². The number of hydrogen-bond donors (Lipinski definition) is 4. The molecule has 0 spiro atoms. The molecule has 0 fully saturated rings. The highest BCUT2D eigenvalue weighted by Crippen LogP contribution is 2.29. The van der Waals surface area contributed by atoms with Crippen LogP contribution in [0.2, 0.25) is 0 Å². The molecule has 0 radical (unpaired) electrons. The van der Waals surface area contributed by atoms with Crippen LogP contribution in [0.25, 0.3) is 6.08 Å². The summed E-state index contributed by atoms with van der Waals surface area (Å²) < 4.78 is 0. The summed E-state index contributed by atoms with van der Waals surface area (Å²) in [6.07, 6.45) is 2.63. The Morgan fingerprint density at radius 2 is 1.82 bits per heavy atom. The summed E-state index contributed by atoms with van der Waals surface area (Å²) in [4.78, 5) is 36.7. The van der Waals surface area contributed by atoms with E-state index < -0.39 is 0 Å². The van der Waals surface area contributed by atoms with Gasteiger partial charge in [0.15, 0.2) is 0 Å². The molecule has 196 valence electrons. The van der Waals surface area contributed by atoms with Gasteiger partial charge in [-0.05, 0) is 60.0 Å². The molecule has 0 saturated heterocycles. The number of hydroxylamine groups is 2. The van der Waals surface area contributed by atoms with Gasteiger partial charge in [0.2, 0.25) is 0 Å². The van der Waals surface area contributed by atoms with E-state index in [4.69, 9.17) is 22.0 Å². The number of carbonyl (C=O) groups excluding carboxylic acids is 2. The minimum Gasteiger partial charge on any atom is -0.399 e. The summed E-state index contributed by atoms with van der Waals surface area (Å²) in [6.45, 7) is 3.00. The second kappa shape index (κ2) is 12.2. The van der Waals surface area contributed by atoms with Crippen LogP contribution in [0.15, 0.2) is 77.3 Å². The van der Waals surface area contributed by atoms with Crippen molar-refractivity contribution in [3.05, 3.63) is 94.6 Å². The maximum atomic E-state index is 13.4. The average Bonchev–Trinajstić information content (AvgIpc) is 3.09. The third kappa shape index (κ3) is 6.64. The van der Waals surface area contributed by atoms with Crippen LogP contribution >= 0.6 is 0 Å². The van der Waals surface area contributed by atoms with E-state index in [2.05, 4.69) is 10.3 Å². The van der Waals surface area contributed by atoms with Crippen LogP contribution in [0.3, 0.4) is 0 Å². The lowest BCUT2D eigenvalue weighted by Gasteiger charge is -2.22. The number of nitrogens with zero attached hydrogens (tertiary/aromatic N) is 2. The third-order valence-electron chi connectivity index (χ3n) is 5.97. The summed E-state index contributed by atoms with van der Waals surface area (Å²) >= 11 is 0. The number of benzene rings is 3. The molecule has 7 N–H and O–H groups in total. The molecule has 0 aromatic heterocycles. The van der Waals surface area contributed by atoms with Crippen LogP contribution in [-0.4, -0.2) is 29.3 Å². The highest BCUT2D eigenvalue weighted by atomic mass is 16.7. The van der Waals surface area contributed by atoms with E-state index in [1.54, 1.807) is 42.5 Å². The number of nitrogen functional groups attached to an aromatic ring is 1. The fourth-order valence-electron chi connectivity index (χ4n) is 4.00. The Labute approximate surface area is 221 Å². The van der Waals surface area contributed by atoms with Gasteiger partial charge in [-0.25, -0.2) is 10.1 Å². The Bertz CT molecular complexity index is 1380. The van der Waals surface area contributed by atoms with E-state index in [9.17, 15) is 9.59 Å². The number of fused-ring (bicyclic) bond motifs is 1. The van der Waals surface area contributed by atoms with Gasteiger partial charge < -0.3 is 22.5 Å². The number of amidine groups is 1. The molecular weight excluding hydrogens is 480 g/mol. The van der Waals surface area contributed by atoms with Crippen molar-refractivity contribution < 1.29 is 14.4 Å². The van der Waals surface area contributed by atoms with E-state index in [0.29, 0.717) is 53.3 Å². The molecule has 0 atom stereocenters. The largest absolute Gasteiger partial charge is 0.399 e. The number of aliphatic imine (C=N–C) groups is 1. The number of nitrogens with one attached hydrogen (secondary N) is 1. The summed E-state index contributed by atoms with van der Waals surface area (Å²) in [7, 11) is 0. The Kier molecular flexibility index (Phi) is 8.52. The Hall–Kier alpha value is -4.47. The number of nitrogens with two attached hydrogens (primary N) is 3. The van der Waals surface area contributed by atoms with Crippen molar-refractivity contribution in [2.45, 2.75) is 32.9 Å². The highest BCUT2D eigenvalue weighted by Gasteiger charge is 2.23. The van der Waals surface area contributed by atoms with Gasteiger partial charge in [0.25, 0.3) is 11.8 Å². The molecule has 2 amide bonds. The molecule has 4 rings (SSSR count). The first-order valence-corrected chi connectivity index (χ1v) is 12.4. The number of anilines is 2. The maximum Gasteiger partial charge on any atom is 0.273 e. The lowest BCUT2D eigenvalue weighted by atomic mass is 10.0. The monoisotopic (exact) mass is 512 g/mol. The Morgan fingerprint density at radius 1 is 1.03 bits per heavy atom. The SMILES string of the molecule is CCCN(OCc1ccc(N)cc1)C(=O)C1=Cc2ccc(C(=O)Nc3cccc(CN)c3)cc2N=C(N)C1. The molecule has 1 heterocycles. The molecule has 0 aliphatic carbocycles. The first-order valence-electron chi connectivity index (χ1n) is 12.4.